The summed E-state index contributed by atoms with van der Waals surface area (Å²) in [4.78, 5) is 4.91. The van der Waals surface area contributed by atoms with Gasteiger partial charge in [0.25, 0.3) is 0 Å². The number of hydrogen-bond acceptors (Lipinski definition) is 2. The lowest BCUT2D eigenvalue weighted by molar-refractivity contribution is 0.572. The number of rotatable bonds is 3. The molecule has 0 fully saturated rings. The Morgan fingerprint density at radius 3 is 1.69 bits per heavy atom. The number of nitrogens with one attached hydrogen (secondary N) is 1. The lowest BCUT2D eigenvalue weighted by Gasteiger charge is -2.20. The molecule has 4 rings (SSSR count). The van der Waals surface area contributed by atoms with Crippen molar-refractivity contribution >= 4 is 75.4 Å². The first-order valence-electron chi connectivity index (χ1n) is 8.53. The van der Waals surface area contributed by atoms with Crippen LogP contribution in [0.1, 0.15) is 28.8 Å². The number of benzene rings is 3. The van der Waals surface area contributed by atoms with E-state index in [2.05, 4.69) is 5.32 Å². The minimum atomic E-state index is -0.258. The van der Waals surface area contributed by atoms with Crippen LogP contribution in [0.5, 0.6) is 0 Å². The van der Waals surface area contributed by atoms with Gasteiger partial charge in [-0.05, 0) is 53.6 Å². The van der Waals surface area contributed by atoms with Gasteiger partial charge in [0, 0.05) is 5.56 Å². The van der Waals surface area contributed by atoms with Gasteiger partial charge in [0.1, 0.15) is 11.9 Å². The van der Waals surface area contributed by atoms with E-state index >= 15 is 0 Å². The topological polar surface area (TPSA) is 24.4 Å². The summed E-state index contributed by atoms with van der Waals surface area (Å²) in [6.07, 6.45) is 0. The minimum Gasteiger partial charge on any atom is -0.361 e. The summed E-state index contributed by atoms with van der Waals surface area (Å²) < 4.78 is 0. The molecular weight excluding hydrogens is 493 g/mol. The van der Waals surface area contributed by atoms with Gasteiger partial charge >= 0.3 is 0 Å². The van der Waals surface area contributed by atoms with E-state index in [1.165, 1.54) is 0 Å². The number of amidine groups is 1. The van der Waals surface area contributed by atoms with Gasteiger partial charge in [-0.3, -0.25) is 4.99 Å². The van der Waals surface area contributed by atoms with Gasteiger partial charge in [-0.15, -0.1) is 0 Å². The minimum absolute atomic E-state index is 0.188. The molecule has 0 aromatic heterocycles. The molecule has 0 aliphatic carbocycles. The summed E-state index contributed by atoms with van der Waals surface area (Å²) in [6, 6.07) is 15.9. The van der Waals surface area contributed by atoms with Crippen molar-refractivity contribution in [2.75, 3.05) is 0 Å². The Labute approximate surface area is 198 Å². The molecule has 2 atom stereocenters. The number of aliphatic imine (C=N–C) groups is 1. The molecule has 0 radical (unpaired) electrons. The van der Waals surface area contributed by atoms with Crippen molar-refractivity contribution in [1.82, 2.24) is 5.32 Å². The summed E-state index contributed by atoms with van der Waals surface area (Å²) in [5, 5.41) is 6.33. The van der Waals surface area contributed by atoms with Crippen LogP contribution < -0.4 is 5.32 Å². The third-order valence-electron chi connectivity index (χ3n) is 4.66. The molecule has 8 heteroatoms. The first kappa shape index (κ1) is 21.1. The molecule has 1 N–H and O–H groups in total. The molecule has 3 aromatic rings. The number of halogens is 6. The molecule has 0 bridgehead atoms. The molecule has 148 valence electrons. The Kier molecular flexibility index (Phi) is 6.22. The fraction of sp³-hybridized carbons (Fsp3) is 0.0952. The van der Waals surface area contributed by atoms with Crippen LogP contribution in [0.3, 0.4) is 0 Å². The SMILES string of the molecule is Clc1ccc(C2=N[C@H](c3ccc(Cl)c(Cl)c3)[C@H](c3ccc(Cl)c(Cl)c3)N2)cc1Cl. The van der Waals surface area contributed by atoms with Crippen LogP contribution in [0.25, 0.3) is 0 Å². The molecule has 29 heavy (non-hydrogen) atoms. The highest BCUT2D eigenvalue weighted by molar-refractivity contribution is 6.43. The Hall–Kier alpha value is -1.13. The molecule has 2 nitrogen and oxygen atoms in total. The average molecular weight is 505 g/mol. The standard InChI is InChI=1S/C21H12Cl6N2/c22-13-4-1-10(7-16(13)25)19-20(11-2-5-14(23)17(26)8-11)29-21(28-19)12-3-6-15(24)18(27)9-12/h1-9,19-20H,(H,28,29)/t19-,20+. The molecule has 0 unspecified atom stereocenters. The van der Waals surface area contributed by atoms with Gasteiger partial charge in [-0.2, -0.15) is 0 Å². The first-order chi connectivity index (χ1) is 13.8. The van der Waals surface area contributed by atoms with E-state index in [0.717, 1.165) is 16.7 Å². The van der Waals surface area contributed by atoms with Gasteiger partial charge < -0.3 is 5.32 Å². The van der Waals surface area contributed by atoms with Gasteiger partial charge in [0.05, 0.1) is 36.2 Å². The maximum Gasteiger partial charge on any atom is 0.129 e. The van der Waals surface area contributed by atoms with Gasteiger partial charge in [0.2, 0.25) is 0 Å². The predicted molar refractivity (Wildman–Crippen MR) is 125 cm³/mol. The quantitative estimate of drug-likeness (QED) is 0.380. The molecule has 0 saturated carbocycles. The van der Waals surface area contributed by atoms with E-state index in [1.54, 1.807) is 24.3 Å². The highest BCUT2D eigenvalue weighted by atomic mass is 35.5. The van der Waals surface area contributed by atoms with Crippen LogP contribution in [0.15, 0.2) is 59.6 Å². The third kappa shape index (κ3) is 4.34. The van der Waals surface area contributed by atoms with Crippen molar-refractivity contribution in [3.63, 3.8) is 0 Å². The maximum atomic E-state index is 6.26. The largest absolute Gasteiger partial charge is 0.361 e. The second-order valence-electron chi connectivity index (χ2n) is 6.52. The zero-order valence-electron chi connectivity index (χ0n) is 14.6. The lowest BCUT2D eigenvalue weighted by Crippen LogP contribution is -2.25. The predicted octanol–water partition coefficient (Wildman–Crippen LogP) is 8.44. The Bertz CT molecular complexity index is 1130. The zero-order valence-corrected chi connectivity index (χ0v) is 19.1. The Balaban J connectivity index is 1.79. The molecule has 0 saturated heterocycles. The van der Waals surface area contributed by atoms with Crippen LogP contribution in [0.2, 0.25) is 30.1 Å². The Morgan fingerprint density at radius 2 is 1.10 bits per heavy atom. The molecular formula is C21H12Cl6N2. The van der Waals surface area contributed by atoms with Crippen molar-refractivity contribution in [2.45, 2.75) is 12.1 Å². The number of nitrogens with zero attached hydrogens (tertiary/aromatic N) is 1. The summed E-state index contributed by atoms with van der Waals surface area (Å²) in [6.45, 7) is 0. The molecule has 0 spiro atoms. The smallest absolute Gasteiger partial charge is 0.129 e. The van der Waals surface area contributed by atoms with Crippen molar-refractivity contribution in [1.29, 1.82) is 0 Å². The van der Waals surface area contributed by atoms with E-state index < -0.39 is 0 Å². The fourth-order valence-electron chi connectivity index (χ4n) is 3.21. The molecule has 1 heterocycles. The molecule has 0 amide bonds. The Morgan fingerprint density at radius 1 is 0.586 bits per heavy atom. The van der Waals surface area contributed by atoms with Crippen molar-refractivity contribution in [3.8, 4) is 0 Å². The van der Waals surface area contributed by atoms with Gasteiger partial charge in [0.15, 0.2) is 0 Å². The van der Waals surface area contributed by atoms with E-state index in [4.69, 9.17) is 74.6 Å². The normalized spacial score (nSPS) is 18.5. The highest BCUT2D eigenvalue weighted by Gasteiger charge is 2.32. The fourth-order valence-corrected chi connectivity index (χ4v) is 4.12. The van der Waals surface area contributed by atoms with Crippen LogP contribution in [-0.4, -0.2) is 5.84 Å². The van der Waals surface area contributed by atoms with Crippen LogP contribution in [-0.2, 0) is 0 Å². The van der Waals surface area contributed by atoms with Crippen molar-refractivity contribution in [2.24, 2.45) is 4.99 Å². The summed E-state index contributed by atoms with van der Waals surface area (Å²) in [5.41, 5.74) is 2.68. The monoisotopic (exact) mass is 502 g/mol. The maximum absolute atomic E-state index is 6.26. The molecule has 1 aliphatic heterocycles. The first-order valence-corrected chi connectivity index (χ1v) is 10.8. The molecule has 1 aliphatic rings. The second kappa shape index (κ2) is 8.55. The molecule has 3 aromatic carbocycles. The van der Waals surface area contributed by atoms with E-state index in [0.29, 0.717) is 36.0 Å². The van der Waals surface area contributed by atoms with Crippen LogP contribution in [0, 0.1) is 0 Å². The highest BCUT2D eigenvalue weighted by Crippen LogP contribution is 2.40. The van der Waals surface area contributed by atoms with E-state index in [-0.39, 0.29) is 12.1 Å². The van der Waals surface area contributed by atoms with Crippen LogP contribution >= 0.6 is 69.6 Å². The summed E-state index contributed by atoms with van der Waals surface area (Å²) in [7, 11) is 0. The van der Waals surface area contributed by atoms with E-state index in [1.807, 2.05) is 30.3 Å². The second-order valence-corrected chi connectivity index (χ2v) is 8.96. The number of hydrogen-bond donors (Lipinski definition) is 1. The average Bonchev–Trinajstić information content (AvgIpc) is 3.14. The van der Waals surface area contributed by atoms with Crippen LogP contribution in [0.4, 0.5) is 0 Å². The third-order valence-corrected chi connectivity index (χ3v) is 6.87. The van der Waals surface area contributed by atoms with Gasteiger partial charge in [-0.1, -0.05) is 81.7 Å². The zero-order chi connectivity index (χ0) is 20.7. The van der Waals surface area contributed by atoms with Gasteiger partial charge in [-0.25, -0.2) is 0 Å². The van der Waals surface area contributed by atoms with Crippen molar-refractivity contribution < 1.29 is 0 Å². The lowest BCUT2D eigenvalue weighted by atomic mass is 9.95. The van der Waals surface area contributed by atoms with E-state index in [9.17, 15) is 0 Å². The summed E-state index contributed by atoms with van der Waals surface area (Å²) >= 11 is 36.9. The van der Waals surface area contributed by atoms with Crippen molar-refractivity contribution in [3.05, 3.63) is 101 Å². The summed E-state index contributed by atoms with van der Waals surface area (Å²) in [5.74, 6) is 0.690.